The number of carbonyl (C=O) groups is 1. The van der Waals surface area contributed by atoms with Gasteiger partial charge < -0.3 is 0 Å². The second-order valence-corrected chi connectivity index (χ2v) is 5.30. The number of fused-ring (bicyclic) bond motifs is 1. The normalized spacial score (nSPS) is 10.7. The molecule has 0 saturated heterocycles. The van der Waals surface area contributed by atoms with Crippen LogP contribution >= 0.6 is 11.8 Å². The van der Waals surface area contributed by atoms with E-state index in [4.69, 9.17) is 0 Å². The van der Waals surface area contributed by atoms with E-state index >= 15 is 0 Å². The van der Waals surface area contributed by atoms with E-state index in [9.17, 15) is 4.79 Å². The second kappa shape index (κ2) is 5.38. The highest BCUT2D eigenvalue weighted by Crippen LogP contribution is 2.30. The van der Waals surface area contributed by atoms with Crippen molar-refractivity contribution in [3.8, 4) is 0 Å². The molecule has 1 aromatic carbocycles. The lowest BCUT2D eigenvalue weighted by atomic mass is 10.2. The van der Waals surface area contributed by atoms with E-state index in [0.717, 1.165) is 20.8 Å². The Hall–Kier alpha value is -2.27. The molecule has 0 amide bonds. The molecular formula is C15H11N3OS. The number of hydrogen-bond acceptors (Lipinski definition) is 5. The van der Waals surface area contributed by atoms with Gasteiger partial charge in [-0.3, -0.25) is 9.78 Å². The standard InChI is InChI=1S/C15H11N3OS/c1-10(19)13-7-6-11(8-16-13)20-15-12-4-2-3-5-14(12)17-9-18-15/h2-9H,1H3. The molecule has 0 aliphatic heterocycles. The van der Waals surface area contributed by atoms with Crippen molar-refractivity contribution in [1.29, 1.82) is 0 Å². The molecule has 2 aromatic heterocycles. The second-order valence-electron chi connectivity index (χ2n) is 4.23. The van der Waals surface area contributed by atoms with Gasteiger partial charge in [0.25, 0.3) is 0 Å². The lowest BCUT2D eigenvalue weighted by Crippen LogP contribution is -1.95. The van der Waals surface area contributed by atoms with Gasteiger partial charge in [0, 0.05) is 23.4 Å². The summed E-state index contributed by atoms with van der Waals surface area (Å²) < 4.78 is 0. The highest BCUT2D eigenvalue weighted by Gasteiger charge is 2.06. The maximum absolute atomic E-state index is 11.2. The number of carbonyl (C=O) groups excluding carboxylic acids is 1. The molecule has 2 heterocycles. The van der Waals surface area contributed by atoms with Crippen LogP contribution in [-0.2, 0) is 0 Å². The first kappa shape index (κ1) is 12.7. The molecule has 3 aromatic rings. The largest absolute Gasteiger partial charge is 0.293 e. The number of hydrogen-bond donors (Lipinski definition) is 0. The van der Waals surface area contributed by atoms with Crippen LogP contribution in [0.4, 0.5) is 0 Å². The highest BCUT2D eigenvalue weighted by atomic mass is 32.2. The number of rotatable bonds is 3. The Morgan fingerprint density at radius 2 is 1.90 bits per heavy atom. The Morgan fingerprint density at radius 1 is 1.05 bits per heavy atom. The van der Waals surface area contributed by atoms with E-state index in [1.54, 1.807) is 18.6 Å². The fourth-order valence-corrected chi connectivity index (χ4v) is 2.67. The average molecular weight is 281 g/mol. The summed E-state index contributed by atoms with van der Waals surface area (Å²) in [5.74, 6) is -0.0333. The van der Waals surface area contributed by atoms with Crippen LogP contribution in [0.1, 0.15) is 17.4 Å². The molecule has 3 rings (SSSR count). The summed E-state index contributed by atoms with van der Waals surface area (Å²) in [6.45, 7) is 1.51. The van der Waals surface area contributed by atoms with Crippen molar-refractivity contribution in [1.82, 2.24) is 15.0 Å². The maximum atomic E-state index is 11.2. The molecule has 0 atom stereocenters. The van der Waals surface area contributed by atoms with Gasteiger partial charge in [-0.1, -0.05) is 30.0 Å². The lowest BCUT2D eigenvalue weighted by molar-refractivity contribution is 0.101. The van der Waals surface area contributed by atoms with Crippen molar-refractivity contribution >= 4 is 28.4 Å². The Balaban J connectivity index is 1.95. The van der Waals surface area contributed by atoms with Gasteiger partial charge in [0.2, 0.25) is 0 Å². The van der Waals surface area contributed by atoms with Gasteiger partial charge in [-0.15, -0.1) is 0 Å². The van der Waals surface area contributed by atoms with Crippen LogP contribution in [0.25, 0.3) is 10.9 Å². The summed E-state index contributed by atoms with van der Waals surface area (Å²) in [6.07, 6.45) is 3.25. The molecule has 0 N–H and O–H groups in total. The molecule has 0 saturated carbocycles. The quantitative estimate of drug-likeness (QED) is 0.544. The van der Waals surface area contributed by atoms with E-state index < -0.39 is 0 Å². The molecule has 0 unspecified atom stereocenters. The van der Waals surface area contributed by atoms with Gasteiger partial charge >= 0.3 is 0 Å². The van der Waals surface area contributed by atoms with E-state index in [2.05, 4.69) is 15.0 Å². The molecule has 0 fully saturated rings. The van der Waals surface area contributed by atoms with Gasteiger partial charge in [-0.2, -0.15) is 0 Å². The zero-order chi connectivity index (χ0) is 13.9. The van der Waals surface area contributed by atoms with Gasteiger partial charge in [0.05, 0.1) is 5.52 Å². The van der Waals surface area contributed by atoms with E-state index in [-0.39, 0.29) is 5.78 Å². The topological polar surface area (TPSA) is 55.7 Å². The molecule has 5 heteroatoms. The fraction of sp³-hybridized carbons (Fsp3) is 0.0667. The molecule has 0 spiro atoms. The number of pyridine rings is 1. The third kappa shape index (κ3) is 2.53. The third-order valence-electron chi connectivity index (χ3n) is 2.82. The summed E-state index contributed by atoms with van der Waals surface area (Å²) in [5.41, 5.74) is 1.39. The Kier molecular flexibility index (Phi) is 3.43. The van der Waals surface area contributed by atoms with E-state index in [1.807, 2.05) is 30.3 Å². The van der Waals surface area contributed by atoms with Crippen molar-refractivity contribution in [3.05, 3.63) is 54.6 Å². The van der Waals surface area contributed by atoms with Gasteiger partial charge in [-0.25, -0.2) is 9.97 Å². The van der Waals surface area contributed by atoms with Crippen molar-refractivity contribution in [2.45, 2.75) is 16.8 Å². The van der Waals surface area contributed by atoms with Gasteiger partial charge in [0.1, 0.15) is 17.0 Å². The minimum atomic E-state index is -0.0333. The van der Waals surface area contributed by atoms with Crippen LogP contribution in [0.2, 0.25) is 0 Å². The lowest BCUT2D eigenvalue weighted by Gasteiger charge is -2.04. The Labute approximate surface area is 120 Å². The van der Waals surface area contributed by atoms with Crippen LogP contribution < -0.4 is 0 Å². The van der Waals surface area contributed by atoms with Crippen molar-refractivity contribution in [3.63, 3.8) is 0 Å². The zero-order valence-electron chi connectivity index (χ0n) is 10.8. The van der Waals surface area contributed by atoms with Crippen LogP contribution in [0.5, 0.6) is 0 Å². The predicted molar refractivity (Wildman–Crippen MR) is 77.9 cm³/mol. The average Bonchev–Trinajstić information content (AvgIpc) is 2.48. The Morgan fingerprint density at radius 3 is 2.65 bits per heavy atom. The van der Waals surface area contributed by atoms with Gasteiger partial charge in [0.15, 0.2) is 5.78 Å². The summed E-state index contributed by atoms with van der Waals surface area (Å²) >= 11 is 1.51. The minimum Gasteiger partial charge on any atom is -0.293 e. The van der Waals surface area contributed by atoms with Crippen molar-refractivity contribution in [2.24, 2.45) is 0 Å². The zero-order valence-corrected chi connectivity index (χ0v) is 11.6. The molecule has 4 nitrogen and oxygen atoms in total. The first-order valence-electron chi connectivity index (χ1n) is 6.08. The van der Waals surface area contributed by atoms with Crippen LogP contribution in [0.3, 0.4) is 0 Å². The Bertz CT molecular complexity index is 766. The molecule has 0 aliphatic carbocycles. The predicted octanol–water partition coefficient (Wildman–Crippen LogP) is 3.38. The van der Waals surface area contributed by atoms with Crippen LogP contribution in [0.15, 0.2) is 58.8 Å². The SMILES string of the molecule is CC(=O)c1ccc(Sc2ncnc3ccccc23)cn1. The molecule has 0 aliphatic rings. The summed E-state index contributed by atoms with van der Waals surface area (Å²) in [7, 11) is 0. The minimum absolute atomic E-state index is 0.0333. The van der Waals surface area contributed by atoms with Crippen molar-refractivity contribution in [2.75, 3.05) is 0 Å². The number of Topliss-reactive ketones (excluding diaryl/α,β-unsaturated/α-hetero) is 1. The molecule has 0 bridgehead atoms. The molecule has 98 valence electrons. The number of nitrogens with zero attached hydrogens (tertiary/aromatic N) is 3. The number of para-hydroxylation sites is 1. The number of aromatic nitrogens is 3. The first-order valence-corrected chi connectivity index (χ1v) is 6.90. The van der Waals surface area contributed by atoms with Crippen LogP contribution in [-0.4, -0.2) is 20.7 Å². The molecule has 0 radical (unpaired) electrons. The number of benzene rings is 1. The highest BCUT2D eigenvalue weighted by molar-refractivity contribution is 7.99. The first-order chi connectivity index (χ1) is 9.74. The van der Waals surface area contributed by atoms with E-state index in [0.29, 0.717) is 5.69 Å². The maximum Gasteiger partial charge on any atom is 0.178 e. The van der Waals surface area contributed by atoms with Crippen molar-refractivity contribution < 1.29 is 4.79 Å². The van der Waals surface area contributed by atoms with Crippen LogP contribution in [0, 0.1) is 0 Å². The summed E-state index contributed by atoms with van der Waals surface area (Å²) in [4.78, 5) is 24.8. The monoisotopic (exact) mass is 281 g/mol. The fourth-order valence-electron chi connectivity index (χ4n) is 1.82. The summed E-state index contributed by atoms with van der Waals surface area (Å²) in [6, 6.07) is 11.5. The van der Waals surface area contributed by atoms with E-state index in [1.165, 1.54) is 18.7 Å². The van der Waals surface area contributed by atoms with Gasteiger partial charge in [-0.05, 0) is 18.2 Å². The number of ketones is 1. The third-order valence-corrected chi connectivity index (χ3v) is 3.81. The summed E-state index contributed by atoms with van der Waals surface area (Å²) in [5, 5.41) is 1.89. The molecular weight excluding hydrogens is 270 g/mol. The molecule has 20 heavy (non-hydrogen) atoms. The smallest absolute Gasteiger partial charge is 0.178 e.